The number of piperidine rings is 1. The van der Waals surface area contributed by atoms with E-state index in [9.17, 15) is 4.39 Å². The van der Waals surface area contributed by atoms with Gasteiger partial charge in [0.15, 0.2) is 0 Å². The van der Waals surface area contributed by atoms with E-state index in [1.165, 1.54) is 5.56 Å². The number of alkyl halides is 1. The lowest BCUT2D eigenvalue weighted by Gasteiger charge is -2.32. The molecular formula is C17H21ClFN3. The molecule has 2 atom stereocenters. The van der Waals surface area contributed by atoms with Crippen LogP contribution >= 0.6 is 11.6 Å². The number of benzene rings is 1. The molecule has 1 fully saturated rings. The highest BCUT2D eigenvalue weighted by atomic mass is 35.5. The third kappa shape index (κ3) is 3.24. The van der Waals surface area contributed by atoms with Crippen molar-refractivity contribution in [3.05, 3.63) is 40.5 Å². The molecule has 1 aliphatic heterocycles. The van der Waals surface area contributed by atoms with E-state index in [1.54, 1.807) is 6.20 Å². The number of nitrogens with zero attached hydrogens (tertiary/aromatic N) is 2. The third-order valence-electron chi connectivity index (χ3n) is 4.44. The number of aryl methyl sites for hydroxylation is 1. The summed E-state index contributed by atoms with van der Waals surface area (Å²) in [7, 11) is 0. The van der Waals surface area contributed by atoms with Gasteiger partial charge in [-0.1, -0.05) is 23.2 Å². The Labute approximate surface area is 135 Å². The Bertz CT molecular complexity index is 671. The Balaban J connectivity index is 1.79. The first-order valence-corrected chi connectivity index (χ1v) is 8.08. The van der Waals surface area contributed by atoms with Gasteiger partial charge < -0.3 is 5.73 Å². The first-order valence-electron chi connectivity index (χ1n) is 7.70. The molecule has 0 unspecified atom stereocenters. The third-order valence-corrected chi connectivity index (χ3v) is 4.76. The summed E-state index contributed by atoms with van der Waals surface area (Å²) in [5.74, 6) is 0. The molecule has 2 heterocycles. The van der Waals surface area contributed by atoms with Crippen molar-refractivity contribution in [1.29, 1.82) is 0 Å². The van der Waals surface area contributed by atoms with Gasteiger partial charge in [-0.3, -0.25) is 9.88 Å². The monoisotopic (exact) mass is 321 g/mol. The van der Waals surface area contributed by atoms with Crippen LogP contribution in [-0.2, 0) is 6.42 Å². The van der Waals surface area contributed by atoms with Crippen molar-refractivity contribution in [3.63, 3.8) is 0 Å². The molecule has 1 aromatic carbocycles. The molecule has 0 amide bonds. The topological polar surface area (TPSA) is 42.2 Å². The molecule has 22 heavy (non-hydrogen) atoms. The van der Waals surface area contributed by atoms with E-state index in [2.05, 4.69) is 22.9 Å². The van der Waals surface area contributed by atoms with Gasteiger partial charge in [-0.15, -0.1) is 0 Å². The van der Waals surface area contributed by atoms with Crippen molar-refractivity contribution in [1.82, 2.24) is 9.88 Å². The van der Waals surface area contributed by atoms with Gasteiger partial charge in [0.05, 0.1) is 10.5 Å². The van der Waals surface area contributed by atoms with Crippen LogP contribution in [0.15, 0.2) is 24.4 Å². The molecule has 2 N–H and O–H groups in total. The second-order valence-corrected chi connectivity index (χ2v) is 6.53. The van der Waals surface area contributed by atoms with Crippen molar-refractivity contribution in [2.24, 2.45) is 5.73 Å². The maximum Gasteiger partial charge on any atom is 0.128 e. The summed E-state index contributed by atoms with van der Waals surface area (Å²) in [6.07, 6.45) is 2.29. The van der Waals surface area contributed by atoms with E-state index in [4.69, 9.17) is 17.3 Å². The van der Waals surface area contributed by atoms with Gasteiger partial charge in [0.2, 0.25) is 0 Å². The second-order valence-electron chi connectivity index (χ2n) is 6.12. The molecule has 3 nitrogen and oxygen atoms in total. The summed E-state index contributed by atoms with van der Waals surface area (Å²) in [4.78, 5) is 6.51. The molecule has 5 heteroatoms. The van der Waals surface area contributed by atoms with Gasteiger partial charge in [0, 0.05) is 30.7 Å². The largest absolute Gasteiger partial charge is 0.325 e. The Morgan fingerprint density at radius 2 is 2.27 bits per heavy atom. The molecule has 1 aromatic heterocycles. The minimum Gasteiger partial charge on any atom is -0.325 e. The minimum atomic E-state index is -0.930. The van der Waals surface area contributed by atoms with E-state index in [0.717, 1.165) is 36.0 Å². The van der Waals surface area contributed by atoms with Gasteiger partial charge >= 0.3 is 0 Å². The summed E-state index contributed by atoms with van der Waals surface area (Å²) >= 11 is 6.35. The van der Waals surface area contributed by atoms with Crippen molar-refractivity contribution in [2.75, 3.05) is 19.6 Å². The van der Waals surface area contributed by atoms with Crippen molar-refractivity contribution >= 4 is 22.5 Å². The first-order chi connectivity index (χ1) is 10.5. The molecule has 2 aromatic rings. The minimum absolute atomic E-state index is 0.316. The molecular weight excluding hydrogens is 301 g/mol. The standard InChI is InChI=1S/C17H21ClFN3/c1-11-2-3-17-13(8-11)12(14(18)9-21-17)4-6-22-7-5-16(20)15(19)10-22/h2-3,8-9,15-16H,4-7,10,20H2,1H3/t15-,16+/m1/s1. The van der Waals surface area contributed by atoms with Crippen LogP contribution in [0.4, 0.5) is 4.39 Å². The Hall–Kier alpha value is -1.23. The zero-order valence-corrected chi connectivity index (χ0v) is 13.5. The average molecular weight is 322 g/mol. The van der Waals surface area contributed by atoms with Gasteiger partial charge in [-0.2, -0.15) is 0 Å². The fourth-order valence-electron chi connectivity index (χ4n) is 3.05. The summed E-state index contributed by atoms with van der Waals surface area (Å²) in [6.45, 7) is 4.12. The molecule has 0 saturated carbocycles. The molecule has 0 spiro atoms. The number of rotatable bonds is 3. The Morgan fingerprint density at radius 3 is 3.05 bits per heavy atom. The quantitative estimate of drug-likeness (QED) is 0.944. The predicted molar refractivity (Wildman–Crippen MR) is 89.1 cm³/mol. The van der Waals surface area contributed by atoms with Crippen LogP contribution in [0.2, 0.25) is 5.02 Å². The van der Waals surface area contributed by atoms with Crippen LogP contribution < -0.4 is 5.73 Å². The second kappa shape index (κ2) is 6.49. The van der Waals surface area contributed by atoms with Crippen LogP contribution in [0.1, 0.15) is 17.5 Å². The summed E-state index contributed by atoms with van der Waals surface area (Å²) in [6, 6.07) is 5.87. The zero-order valence-electron chi connectivity index (χ0n) is 12.7. The first kappa shape index (κ1) is 15.7. The van der Waals surface area contributed by atoms with Crippen molar-refractivity contribution in [3.8, 4) is 0 Å². The SMILES string of the molecule is Cc1ccc2ncc(Cl)c(CCN3CC[C@H](N)[C@H](F)C3)c2c1. The molecule has 118 valence electrons. The number of pyridine rings is 1. The zero-order chi connectivity index (χ0) is 15.7. The molecule has 0 aliphatic carbocycles. The van der Waals surface area contributed by atoms with Gasteiger partial charge in [-0.05, 0) is 44.0 Å². The van der Waals surface area contributed by atoms with Gasteiger partial charge in [0.1, 0.15) is 6.17 Å². The van der Waals surface area contributed by atoms with E-state index in [0.29, 0.717) is 18.0 Å². The fraction of sp³-hybridized carbons (Fsp3) is 0.471. The molecule has 0 bridgehead atoms. The van der Waals surface area contributed by atoms with Gasteiger partial charge in [-0.25, -0.2) is 4.39 Å². The van der Waals surface area contributed by atoms with E-state index < -0.39 is 6.17 Å². The summed E-state index contributed by atoms with van der Waals surface area (Å²) < 4.78 is 13.7. The molecule has 1 saturated heterocycles. The van der Waals surface area contributed by atoms with Gasteiger partial charge in [0.25, 0.3) is 0 Å². The van der Waals surface area contributed by atoms with Crippen LogP contribution in [0.25, 0.3) is 10.9 Å². The lowest BCUT2D eigenvalue weighted by atomic mass is 10.0. The van der Waals surface area contributed by atoms with Crippen molar-refractivity contribution in [2.45, 2.75) is 32.0 Å². The molecule has 0 radical (unpaired) electrons. The fourth-order valence-corrected chi connectivity index (χ4v) is 3.29. The maximum absolute atomic E-state index is 13.7. The number of hydrogen-bond acceptors (Lipinski definition) is 3. The highest BCUT2D eigenvalue weighted by molar-refractivity contribution is 6.32. The highest BCUT2D eigenvalue weighted by Gasteiger charge is 2.26. The van der Waals surface area contributed by atoms with E-state index >= 15 is 0 Å². The smallest absolute Gasteiger partial charge is 0.128 e. The molecule has 1 aliphatic rings. The average Bonchev–Trinajstić information content (AvgIpc) is 2.49. The maximum atomic E-state index is 13.7. The lowest BCUT2D eigenvalue weighted by molar-refractivity contribution is 0.121. The Kier molecular flexibility index (Phi) is 4.62. The summed E-state index contributed by atoms with van der Waals surface area (Å²) in [5, 5.41) is 1.78. The summed E-state index contributed by atoms with van der Waals surface area (Å²) in [5.41, 5.74) is 8.97. The Morgan fingerprint density at radius 1 is 1.45 bits per heavy atom. The van der Waals surface area contributed by atoms with Crippen LogP contribution in [0, 0.1) is 6.92 Å². The lowest BCUT2D eigenvalue weighted by Crippen LogP contribution is -2.48. The molecule has 3 rings (SSSR count). The predicted octanol–water partition coefficient (Wildman–Crippen LogP) is 3.11. The van der Waals surface area contributed by atoms with E-state index in [1.807, 2.05) is 12.1 Å². The van der Waals surface area contributed by atoms with Crippen LogP contribution in [-0.4, -0.2) is 41.7 Å². The number of likely N-dealkylation sites (tertiary alicyclic amines) is 1. The number of aromatic nitrogens is 1. The highest BCUT2D eigenvalue weighted by Crippen LogP contribution is 2.26. The van der Waals surface area contributed by atoms with Crippen molar-refractivity contribution < 1.29 is 4.39 Å². The van der Waals surface area contributed by atoms with Crippen LogP contribution in [0.3, 0.4) is 0 Å². The normalized spacial score (nSPS) is 23.1. The van der Waals surface area contributed by atoms with E-state index in [-0.39, 0.29) is 6.04 Å². The van der Waals surface area contributed by atoms with Crippen LogP contribution in [0.5, 0.6) is 0 Å². The number of nitrogens with two attached hydrogens (primary N) is 1. The number of fused-ring (bicyclic) bond motifs is 1. The number of halogens is 2. The number of hydrogen-bond donors (Lipinski definition) is 1.